The molecule has 3 N–H and O–H groups in total. The van der Waals surface area contributed by atoms with Gasteiger partial charge in [0.15, 0.2) is 0 Å². The number of hydrogen-bond acceptors (Lipinski definition) is 3. The third-order valence-corrected chi connectivity index (χ3v) is 4.50. The molecule has 0 aliphatic carbocycles. The average molecular weight is 263 g/mol. The molecule has 3 rings (SSSR count). The second-order valence-electron chi connectivity index (χ2n) is 5.85. The topological polar surface area (TPSA) is 41.3 Å². The summed E-state index contributed by atoms with van der Waals surface area (Å²) >= 11 is 0. The predicted molar refractivity (Wildman–Crippen MR) is 75.9 cm³/mol. The molecule has 4 heteroatoms. The van der Waals surface area contributed by atoms with Crippen LogP contribution in [0.25, 0.3) is 0 Å². The number of piperidine rings is 1. The van der Waals surface area contributed by atoms with E-state index in [0.29, 0.717) is 0 Å². The lowest BCUT2D eigenvalue weighted by Gasteiger charge is -2.40. The summed E-state index contributed by atoms with van der Waals surface area (Å²) in [5.41, 5.74) is 7.98. The highest BCUT2D eigenvalue weighted by Gasteiger charge is 2.42. The van der Waals surface area contributed by atoms with Crippen molar-refractivity contribution in [2.24, 2.45) is 5.73 Å². The molecular formula is C15H22FN3. The van der Waals surface area contributed by atoms with E-state index in [0.717, 1.165) is 51.3 Å². The molecule has 0 aromatic heterocycles. The van der Waals surface area contributed by atoms with Crippen molar-refractivity contribution in [3.8, 4) is 0 Å². The van der Waals surface area contributed by atoms with Crippen molar-refractivity contribution < 1.29 is 4.39 Å². The van der Waals surface area contributed by atoms with Crippen molar-refractivity contribution in [1.82, 2.24) is 4.90 Å². The third kappa shape index (κ3) is 2.35. The predicted octanol–water partition coefficient (Wildman–Crippen LogP) is 1.93. The first-order valence-corrected chi connectivity index (χ1v) is 7.20. The number of benzene rings is 1. The number of hydrogen-bond donors (Lipinski definition) is 2. The maximum absolute atomic E-state index is 13.5. The maximum Gasteiger partial charge on any atom is 0.123 e. The summed E-state index contributed by atoms with van der Waals surface area (Å²) in [4.78, 5) is 2.48. The second kappa shape index (κ2) is 5.10. The Labute approximate surface area is 114 Å². The fourth-order valence-electron chi connectivity index (χ4n) is 3.57. The van der Waals surface area contributed by atoms with Crippen LogP contribution in [0, 0.1) is 5.82 Å². The zero-order chi connectivity index (χ0) is 13.3. The Bertz CT molecular complexity index is 459. The highest BCUT2D eigenvalue weighted by molar-refractivity contribution is 5.60. The van der Waals surface area contributed by atoms with Gasteiger partial charge < -0.3 is 16.0 Å². The number of nitrogens with zero attached hydrogens (tertiary/aromatic N) is 1. The number of rotatable bonds is 3. The molecule has 0 saturated carbocycles. The Morgan fingerprint density at radius 1 is 1.42 bits per heavy atom. The summed E-state index contributed by atoms with van der Waals surface area (Å²) in [6, 6.07) is 5.14. The Balaban J connectivity index is 1.83. The van der Waals surface area contributed by atoms with Crippen molar-refractivity contribution >= 4 is 5.69 Å². The molecule has 1 aromatic rings. The van der Waals surface area contributed by atoms with E-state index in [-0.39, 0.29) is 11.2 Å². The van der Waals surface area contributed by atoms with E-state index in [1.54, 1.807) is 12.1 Å². The van der Waals surface area contributed by atoms with Gasteiger partial charge in [0.25, 0.3) is 0 Å². The average Bonchev–Trinajstić information content (AvgIpc) is 2.75. The van der Waals surface area contributed by atoms with Crippen LogP contribution in [-0.2, 0) is 5.41 Å². The van der Waals surface area contributed by atoms with E-state index in [1.165, 1.54) is 12.0 Å². The smallest absolute Gasteiger partial charge is 0.123 e. The Kier molecular flexibility index (Phi) is 3.46. The standard InChI is InChI=1S/C15H22FN3/c16-12-3-4-14-13(9-12)15(10-18-14)5-1-7-19(11-15)8-2-6-17/h3-4,9,18H,1-2,5-8,10-11,17H2. The second-order valence-corrected chi connectivity index (χ2v) is 5.85. The Morgan fingerprint density at radius 3 is 3.16 bits per heavy atom. The van der Waals surface area contributed by atoms with Crippen LogP contribution in [0.2, 0.25) is 0 Å². The zero-order valence-corrected chi connectivity index (χ0v) is 11.3. The first-order valence-electron chi connectivity index (χ1n) is 7.20. The van der Waals surface area contributed by atoms with Crippen molar-refractivity contribution in [2.45, 2.75) is 24.7 Å². The first kappa shape index (κ1) is 12.9. The largest absolute Gasteiger partial charge is 0.384 e. The Hall–Kier alpha value is -1.13. The monoisotopic (exact) mass is 263 g/mol. The molecule has 0 amide bonds. The number of halogens is 1. The van der Waals surface area contributed by atoms with Gasteiger partial charge in [0.05, 0.1) is 0 Å². The van der Waals surface area contributed by atoms with Gasteiger partial charge in [-0.05, 0) is 62.7 Å². The van der Waals surface area contributed by atoms with Crippen molar-refractivity contribution in [3.05, 3.63) is 29.6 Å². The van der Waals surface area contributed by atoms with Crippen LogP contribution in [0.4, 0.5) is 10.1 Å². The van der Waals surface area contributed by atoms with Crippen LogP contribution in [0.3, 0.4) is 0 Å². The molecule has 3 nitrogen and oxygen atoms in total. The molecule has 1 spiro atoms. The van der Waals surface area contributed by atoms with Gasteiger partial charge in [-0.2, -0.15) is 0 Å². The van der Waals surface area contributed by atoms with Crippen LogP contribution in [0.15, 0.2) is 18.2 Å². The molecule has 2 aliphatic heterocycles. The normalized spacial score (nSPS) is 26.4. The maximum atomic E-state index is 13.5. The number of nitrogens with two attached hydrogens (primary N) is 1. The molecule has 2 aliphatic rings. The van der Waals surface area contributed by atoms with E-state index < -0.39 is 0 Å². The van der Waals surface area contributed by atoms with Crippen molar-refractivity contribution in [2.75, 3.05) is 38.0 Å². The molecule has 1 saturated heterocycles. The highest BCUT2D eigenvalue weighted by Crippen LogP contribution is 2.42. The fourth-order valence-corrected chi connectivity index (χ4v) is 3.57. The number of anilines is 1. The SMILES string of the molecule is NCCCN1CCCC2(CNc3ccc(F)cc32)C1. The molecule has 1 unspecified atom stereocenters. The van der Waals surface area contributed by atoms with E-state index in [1.807, 2.05) is 6.07 Å². The van der Waals surface area contributed by atoms with E-state index >= 15 is 0 Å². The molecular weight excluding hydrogens is 241 g/mol. The Morgan fingerprint density at radius 2 is 2.32 bits per heavy atom. The molecule has 2 heterocycles. The van der Waals surface area contributed by atoms with Crippen LogP contribution >= 0.6 is 0 Å². The summed E-state index contributed by atoms with van der Waals surface area (Å²) in [5, 5.41) is 3.45. The number of likely N-dealkylation sites (tertiary alicyclic amines) is 1. The van der Waals surface area contributed by atoms with Gasteiger partial charge in [-0.1, -0.05) is 0 Å². The summed E-state index contributed by atoms with van der Waals surface area (Å²) in [6.07, 6.45) is 3.37. The van der Waals surface area contributed by atoms with Crippen molar-refractivity contribution in [1.29, 1.82) is 0 Å². The number of fused-ring (bicyclic) bond motifs is 2. The summed E-state index contributed by atoms with van der Waals surface area (Å²) in [6.45, 7) is 4.91. The van der Waals surface area contributed by atoms with Crippen LogP contribution in [-0.4, -0.2) is 37.6 Å². The summed E-state index contributed by atoms with van der Waals surface area (Å²) in [5.74, 6) is -0.124. The van der Waals surface area contributed by atoms with E-state index in [2.05, 4.69) is 10.2 Å². The molecule has 1 fully saturated rings. The third-order valence-electron chi connectivity index (χ3n) is 4.50. The van der Waals surface area contributed by atoms with Crippen LogP contribution in [0.5, 0.6) is 0 Å². The summed E-state index contributed by atoms with van der Waals surface area (Å²) < 4.78 is 13.5. The lowest BCUT2D eigenvalue weighted by molar-refractivity contribution is 0.156. The van der Waals surface area contributed by atoms with Crippen LogP contribution < -0.4 is 11.1 Å². The first-order chi connectivity index (χ1) is 9.23. The van der Waals surface area contributed by atoms with Gasteiger partial charge in [-0.25, -0.2) is 4.39 Å². The van der Waals surface area contributed by atoms with Crippen LogP contribution in [0.1, 0.15) is 24.8 Å². The van der Waals surface area contributed by atoms with E-state index in [4.69, 9.17) is 5.73 Å². The van der Waals surface area contributed by atoms with Gasteiger partial charge >= 0.3 is 0 Å². The zero-order valence-electron chi connectivity index (χ0n) is 11.3. The van der Waals surface area contributed by atoms with Gasteiger partial charge in [-0.3, -0.25) is 0 Å². The minimum absolute atomic E-state index is 0.101. The molecule has 1 aromatic carbocycles. The number of nitrogens with one attached hydrogen (secondary N) is 1. The van der Waals surface area contributed by atoms with Gasteiger partial charge in [0.2, 0.25) is 0 Å². The molecule has 0 radical (unpaired) electrons. The van der Waals surface area contributed by atoms with Crippen molar-refractivity contribution in [3.63, 3.8) is 0 Å². The highest BCUT2D eigenvalue weighted by atomic mass is 19.1. The molecule has 104 valence electrons. The van der Waals surface area contributed by atoms with Gasteiger partial charge in [-0.15, -0.1) is 0 Å². The quantitative estimate of drug-likeness (QED) is 0.875. The van der Waals surface area contributed by atoms with E-state index in [9.17, 15) is 4.39 Å². The fraction of sp³-hybridized carbons (Fsp3) is 0.600. The lowest BCUT2D eigenvalue weighted by atomic mass is 9.75. The minimum atomic E-state index is -0.124. The molecule has 1 atom stereocenters. The van der Waals surface area contributed by atoms with Gasteiger partial charge in [0, 0.05) is 24.2 Å². The minimum Gasteiger partial charge on any atom is -0.384 e. The summed E-state index contributed by atoms with van der Waals surface area (Å²) in [7, 11) is 0. The lowest BCUT2D eigenvalue weighted by Crippen LogP contribution is -2.47. The van der Waals surface area contributed by atoms with Gasteiger partial charge in [0.1, 0.15) is 5.82 Å². The molecule has 0 bridgehead atoms. The molecule has 19 heavy (non-hydrogen) atoms.